The Morgan fingerprint density at radius 3 is 2.36 bits per heavy atom. The van der Waals surface area contributed by atoms with Gasteiger partial charge in [0, 0.05) is 12.1 Å². The number of hydrogen-bond acceptors (Lipinski definition) is 3. The Bertz CT molecular complexity index is 519. The van der Waals surface area contributed by atoms with Gasteiger partial charge in [0.2, 0.25) is 5.91 Å². The summed E-state index contributed by atoms with van der Waals surface area (Å²) in [6.07, 6.45) is 5.21. The smallest absolute Gasteiger partial charge is 0.251 e. The second-order valence-electron chi connectivity index (χ2n) is 6.14. The van der Waals surface area contributed by atoms with Gasteiger partial charge < -0.3 is 16.4 Å². The van der Waals surface area contributed by atoms with Gasteiger partial charge in [-0.1, -0.05) is 37.0 Å². The monoisotopic (exact) mass is 303 g/mol. The van der Waals surface area contributed by atoms with Crippen LogP contribution in [-0.4, -0.2) is 30.4 Å². The minimum Gasteiger partial charge on any atom is -0.348 e. The molecule has 1 aromatic rings. The highest BCUT2D eigenvalue weighted by Crippen LogP contribution is 2.27. The van der Waals surface area contributed by atoms with E-state index in [1.165, 1.54) is 6.42 Å². The molecule has 5 nitrogen and oxygen atoms in total. The Morgan fingerprint density at radius 2 is 1.77 bits per heavy atom. The van der Waals surface area contributed by atoms with Crippen LogP contribution in [0, 0.1) is 6.92 Å². The summed E-state index contributed by atoms with van der Waals surface area (Å²) in [7, 11) is 0. The predicted octanol–water partition coefficient (Wildman–Crippen LogP) is 1.50. The summed E-state index contributed by atoms with van der Waals surface area (Å²) in [5, 5.41) is 5.68. The first-order valence-electron chi connectivity index (χ1n) is 7.91. The molecule has 0 aliphatic heterocycles. The molecule has 5 heteroatoms. The lowest BCUT2D eigenvalue weighted by Gasteiger charge is -2.37. The molecule has 1 saturated carbocycles. The molecule has 2 rings (SSSR count). The summed E-state index contributed by atoms with van der Waals surface area (Å²) in [6, 6.07) is 7.26. The second-order valence-corrected chi connectivity index (χ2v) is 6.14. The van der Waals surface area contributed by atoms with Crippen molar-refractivity contribution in [3.05, 3.63) is 35.4 Å². The van der Waals surface area contributed by atoms with Crippen molar-refractivity contribution in [2.45, 2.75) is 44.6 Å². The Kier molecular flexibility index (Phi) is 5.55. The molecule has 0 saturated heterocycles. The average Bonchev–Trinajstić information content (AvgIpc) is 2.54. The first-order valence-corrected chi connectivity index (χ1v) is 7.91. The van der Waals surface area contributed by atoms with Gasteiger partial charge in [-0.3, -0.25) is 9.59 Å². The fraction of sp³-hybridized carbons (Fsp3) is 0.529. The van der Waals surface area contributed by atoms with Crippen LogP contribution in [0.3, 0.4) is 0 Å². The summed E-state index contributed by atoms with van der Waals surface area (Å²) < 4.78 is 0. The molecule has 0 unspecified atom stereocenters. The number of nitrogens with two attached hydrogens (primary N) is 1. The minimum atomic E-state index is -0.288. The van der Waals surface area contributed by atoms with Crippen molar-refractivity contribution in [3.8, 4) is 0 Å². The Hall–Kier alpha value is -1.88. The summed E-state index contributed by atoms with van der Waals surface area (Å²) in [6.45, 7) is 2.39. The molecule has 4 N–H and O–H groups in total. The first kappa shape index (κ1) is 16.5. The largest absolute Gasteiger partial charge is 0.348 e. The number of nitrogens with one attached hydrogen (secondary N) is 2. The molecule has 0 radical (unpaired) electrons. The van der Waals surface area contributed by atoms with E-state index in [-0.39, 0.29) is 23.9 Å². The van der Waals surface area contributed by atoms with E-state index in [4.69, 9.17) is 5.73 Å². The summed E-state index contributed by atoms with van der Waals surface area (Å²) >= 11 is 0. The summed E-state index contributed by atoms with van der Waals surface area (Å²) in [5.41, 5.74) is 7.21. The molecule has 1 aliphatic rings. The second kappa shape index (κ2) is 7.40. The summed E-state index contributed by atoms with van der Waals surface area (Å²) in [4.78, 5) is 24.1. The lowest BCUT2D eigenvalue weighted by Crippen LogP contribution is -2.56. The highest BCUT2D eigenvalue weighted by molar-refractivity contribution is 5.96. The topological polar surface area (TPSA) is 84.2 Å². The molecule has 0 atom stereocenters. The van der Waals surface area contributed by atoms with Crippen molar-refractivity contribution in [2.75, 3.05) is 13.1 Å². The van der Waals surface area contributed by atoms with E-state index >= 15 is 0 Å². The molecule has 0 aromatic heterocycles. The van der Waals surface area contributed by atoms with Crippen LogP contribution in [0.15, 0.2) is 24.3 Å². The predicted molar refractivity (Wildman–Crippen MR) is 86.5 cm³/mol. The Morgan fingerprint density at radius 1 is 1.14 bits per heavy atom. The first-order chi connectivity index (χ1) is 10.5. The number of carbonyl (C=O) groups excluding carboxylic acids is 2. The van der Waals surface area contributed by atoms with E-state index in [2.05, 4.69) is 10.6 Å². The molecule has 1 fully saturated rings. The van der Waals surface area contributed by atoms with Gasteiger partial charge >= 0.3 is 0 Å². The maximum atomic E-state index is 12.1. The van der Waals surface area contributed by atoms with Gasteiger partial charge in [-0.15, -0.1) is 0 Å². The van der Waals surface area contributed by atoms with Crippen molar-refractivity contribution >= 4 is 11.8 Å². The highest BCUT2D eigenvalue weighted by Gasteiger charge is 2.31. The van der Waals surface area contributed by atoms with Gasteiger partial charge in [0.05, 0.1) is 12.1 Å². The van der Waals surface area contributed by atoms with Gasteiger partial charge in [0.15, 0.2) is 0 Å². The molecule has 22 heavy (non-hydrogen) atoms. The molecule has 0 spiro atoms. The number of benzene rings is 1. The minimum absolute atomic E-state index is 0.0194. The van der Waals surface area contributed by atoms with Crippen LogP contribution in [0.4, 0.5) is 0 Å². The van der Waals surface area contributed by atoms with Crippen LogP contribution in [0.2, 0.25) is 0 Å². The van der Waals surface area contributed by atoms with Gasteiger partial charge in [0.1, 0.15) is 0 Å². The Balaban J connectivity index is 1.84. The van der Waals surface area contributed by atoms with Gasteiger partial charge in [-0.05, 0) is 31.9 Å². The fourth-order valence-corrected chi connectivity index (χ4v) is 2.92. The van der Waals surface area contributed by atoms with Gasteiger partial charge in [-0.2, -0.15) is 0 Å². The van der Waals surface area contributed by atoms with Crippen LogP contribution in [0.5, 0.6) is 0 Å². The van der Waals surface area contributed by atoms with Crippen LogP contribution in [0.25, 0.3) is 0 Å². The Labute approximate surface area is 131 Å². The molecule has 1 aliphatic carbocycles. The quantitative estimate of drug-likeness (QED) is 0.771. The highest BCUT2D eigenvalue weighted by atomic mass is 16.2. The zero-order chi connectivity index (χ0) is 16.0. The molecule has 2 amide bonds. The average molecular weight is 303 g/mol. The number of aryl methyl sites for hydroxylation is 1. The molecular weight excluding hydrogens is 278 g/mol. The van der Waals surface area contributed by atoms with Crippen LogP contribution in [0.1, 0.15) is 48.0 Å². The summed E-state index contributed by atoms with van der Waals surface area (Å²) in [5.74, 6) is -0.409. The van der Waals surface area contributed by atoms with E-state index in [9.17, 15) is 9.59 Å². The van der Waals surface area contributed by atoms with Crippen LogP contribution >= 0.6 is 0 Å². The molecule has 120 valence electrons. The van der Waals surface area contributed by atoms with E-state index in [1.807, 2.05) is 19.1 Å². The number of rotatable bonds is 5. The standard InChI is InChI=1S/C17H25N3O2/c1-13-5-7-14(8-6-13)16(22)19-11-15(21)20-17(12-18)9-3-2-4-10-17/h5-8H,2-4,9-12,18H2,1H3,(H,19,22)(H,20,21). The third-order valence-electron chi connectivity index (χ3n) is 4.33. The van der Waals surface area contributed by atoms with Crippen LogP contribution < -0.4 is 16.4 Å². The van der Waals surface area contributed by atoms with Crippen molar-refractivity contribution < 1.29 is 9.59 Å². The third kappa shape index (κ3) is 4.31. The van der Waals surface area contributed by atoms with Crippen molar-refractivity contribution in [2.24, 2.45) is 5.73 Å². The number of carbonyl (C=O) groups is 2. The molecule has 1 aromatic carbocycles. The molecular formula is C17H25N3O2. The van der Waals surface area contributed by atoms with Crippen molar-refractivity contribution in [1.82, 2.24) is 10.6 Å². The third-order valence-corrected chi connectivity index (χ3v) is 4.33. The van der Waals surface area contributed by atoms with Gasteiger partial charge in [0.25, 0.3) is 5.91 Å². The zero-order valence-corrected chi connectivity index (χ0v) is 13.2. The van der Waals surface area contributed by atoms with E-state index in [1.54, 1.807) is 12.1 Å². The fourth-order valence-electron chi connectivity index (χ4n) is 2.92. The maximum absolute atomic E-state index is 12.1. The van der Waals surface area contributed by atoms with E-state index in [0.29, 0.717) is 12.1 Å². The SMILES string of the molecule is Cc1ccc(C(=O)NCC(=O)NC2(CN)CCCCC2)cc1. The lowest BCUT2D eigenvalue weighted by molar-refractivity contribution is -0.122. The normalized spacial score (nSPS) is 16.8. The molecule has 0 heterocycles. The number of hydrogen-bond donors (Lipinski definition) is 3. The van der Waals surface area contributed by atoms with E-state index in [0.717, 1.165) is 31.2 Å². The van der Waals surface area contributed by atoms with Crippen molar-refractivity contribution in [3.63, 3.8) is 0 Å². The van der Waals surface area contributed by atoms with Crippen LogP contribution in [-0.2, 0) is 4.79 Å². The van der Waals surface area contributed by atoms with Crippen molar-refractivity contribution in [1.29, 1.82) is 0 Å². The number of amides is 2. The van der Waals surface area contributed by atoms with E-state index < -0.39 is 0 Å². The molecule has 0 bridgehead atoms. The maximum Gasteiger partial charge on any atom is 0.251 e. The lowest BCUT2D eigenvalue weighted by atomic mass is 9.81. The zero-order valence-electron chi connectivity index (χ0n) is 13.2. The van der Waals surface area contributed by atoms with Gasteiger partial charge in [-0.25, -0.2) is 0 Å².